The van der Waals surface area contributed by atoms with Crippen LogP contribution in [0.4, 0.5) is 0 Å². The Kier molecular flexibility index (Phi) is 5.32. The summed E-state index contributed by atoms with van der Waals surface area (Å²) in [4.78, 5) is 36.0. The second-order valence-corrected chi connectivity index (χ2v) is 5.31. The Morgan fingerprint density at radius 2 is 1.84 bits per heavy atom. The molecule has 0 spiro atoms. The van der Waals surface area contributed by atoms with Crippen LogP contribution in [0.25, 0.3) is 0 Å². The molecule has 1 aliphatic rings. The molecule has 2 N–H and O–H groups in total. The molecule has 0 aliphatic heterocycles. The summed E-state index contributed by atoms with van der Waals surface area (Å²) < 4.78 is 0. The highest BCUT2D eigenvalue weighted by Gasteiger charge is 2.42. The second kappa shape index (κ2) is 6.54. The van der Waals surface area contributed by atoms with E-state index in [0.717, 1.165) is 0 Å². The number of aliphatic carboxylic acids is 1. The van der Waals surface area contributed by atoms with E-state index in [1.807, 2.05) is 6.92 Å². The van der Waals surface area contributed by atoms with Crippen molar-refractivity contribution < 1.29 is 19.5 Å². The fraction of sp³-hybridized carbons (Fsp3) is 0.769. The number of carbonyl (C=O) groups excluding carboxylic acids is 2. The van der Waals surface area contributed by atoms with Crippen LogP contribution in [0.1, 0.15) is 26.2 Å². The fourth-order valence-corrected chi connectivity index (χ4v) is 2.63. The smallest absolute Gasteiger partial charge is 0.307 e. The summed E-state index contributed by atoms with van der Waals surface area (Å²) in [5, 5.41) is 11.6. The number of hydrogen-bond acceptors (Lipinski definition) is 3. The molecule has 2 amide bonds. The van der Waals surface area contributed by atoms with Crippen molar-refractivity contribution in [1.29, 1.82) is 0 Å². The summed E-state index contributed by atoms with van der Waals surface area (Å²) in [5.74, 6) is -1.99. The Morgan fingerprint density at radius 1 is 1.26 bits per heavy atom. The van der Waals surface area contributed by atoms with Gasteiger partial charge in [-0.25, -0.2) is 0 Å². The van der Waals surface area contributed by atoms with Gasteiger partial charge in [-0.15, -0.1) is 0 Å². The molecule has 6 nitrogen and oxygen atoms in total. The maximum atomic E-state index is 12.2. The molecule has 1 fully saturated rings. The first-order valence-corrected chi connectivity index (χ1v) is 6.55. The molecule has 1 saturated carbocycles. The molecule has 1 aliphatic carbocycles. The van der Waals surface area contributed by atoms with E-state index in [4.69, 9.17) is 5.11 Å². The molecule has 1 rings (SSSR count). The summed E-state index contributed by atoms with van der Waals surface area (Å²) in [6.45, 7) is 2.28. The molecule has 3 atom stereocenters. The van der Waals surface area contributed by atoms with Gasteiger partial charge in [0.05, 0.1) is 11.8 Å². The van der Waals surface area contributed by atoms with E-state index in [1.165, 1.54) is 4.90 Å². The highest BCUT2D eigenvalue weighted by Crippen LogP contribution is 2.37. The zero-order valence-corrected chi connectivity index (χ0v) is 11.7. The van der Waals surface area contributed by atoms with E-state index >= 15 is 0 Å². The molecule has 19 heavy (non-hydrogen) atoms. The summed E-state index contributed by atoms with van der Waals surface area (Å²) in [6, 6.07) is 0. The third-order valence-electron chi connectivity index (χ3n) is 3.76. The summed E-state index contributed by atoms with van der Waals surface area (Å²) in [6.07, 6.45) is 1.40. The van der Waals surface area contributed by atoms with Crippen molar-refractivity contribution in [2.45, 2.75) is 26.2 Å². The predicted octanol–water partition coefficient (Wildman–Crippen LogP) is 0.328. The van der Waals surface area contributed by atoms with Crippen LogP contribution in [0, 0.1) is 17.8 Å². The van der Waals surface area contributed by atoms with E-state index in [1.54, 1.807) is 14.1 Å². The molecule has 108 valence electrons. The van der Waals surface area contributed by atoms with Gasteiger partial charge in [-0.1, -0.05) is 6.92 Å². The van der Waals surface area contributed by atoms with E-state index in [-0.39, 0.29) is 24.2 Å². The van der Waals surface area contributed by atoms with Crippen LogP contribution in [-0.2, 0) is 14.4 Å². The average Bonchev–Trinajstić information content (AvgIpc) is 2.76. The summed E-state index contributed by atoms with van der Waals surface area (Å²) >= 11 is 0. The Balaban J connectivity index is 2.60. The third kappa shape index (κ3) is 3.94. The number of hydrogen-bond donors (Lipinski definition) is 2. The van der Waals surface area contributed by atoms with E-state index < -0.39 is 17.8 Å². The van der Waals surface area contributed by atoms with Gasteiger partial charge in [0.1, 0.15) is 0 Å². The van der Waals surface area contributed by atoms with Crippen LogP contribution >= 0.6 is 0 Å². The number of carboxylic acids is 1. The summed E-state index contributed by atoms with van der Waals surface area (Å²) in [5.41, 5.74) is 0. The third-order valence-corrected chi connectivity index (χ3v) is 3.76. The lowest BCUT2D eigenvalue weighted by atomic mass is 9.95. The van der Waals surface area contributed by atoms with Gasteiger partial charge < -0.3 is 15.3 Å². The van der Waals surface area contributed by atoms with Gasteiger partial charge in [0.2, 0.25) is 11.8 Å². The Hall–Kier alpha value is -1.59. The molecule has 0 aromatic carbocycles. The molecule has 1 unspecified atom stereocenters. The first kappa shape index (κ1) is 15.5. The number of carbonyl (C=O) groups is 3. The van der Waals surface area contributed by atoms with Gasteiger partial charge in [-0.05, 0) is 18.8 Å². The SMILES string of the molecule is CNC(=O)CCN(C)C(=O)[C@H]1CC(C)C[C@H]1C(=O)O. The van der Waals surface area contributed by atoms with Crippen LogP contribution in [0.5, 0.6) is 0 Å². The van der Waals surface area contributed by atoms with Crippen molar-refractivity contribution in [2.75, 3.05) is 20.6 Å². The standard InChI is InChI=1S/C13H22N2O4/c1-8-6-9(10(7-8)13(18)19)12(17)15(3)5-4-11(16)14-2/h8-10H,4-7H2,1-3H3,(H,14,16)(H,18,19)/t8?,9-,10+/m0/s1. The number of rotatable bonds is 5. The Morgan fingerprint density at radius 3 is 2.37 bits per heavy atom. The normalized spacial score (nSPS) is 25.9. The van der Waals surface area contributed by atoms with Crippen molar-refractivity contribution in [2.24, 2.45) is 17.8 Å². The molecule has 6 heteroatoms. The molecule has 0 heterocycles. The molecule has 0 aromatic rings. The Labute approximate surface area is 113 Å². The van der Waals surface area contributed by atoms with Crippen molar-refractivity contribution in [3.8, 4) is 0 Å². The zero-order valence-electron chi connectivity index (χ0n) is 11.7. The maximum Gasteiger partial charge on any atom is 0.307 e. The van der Waals surface area contributed by atoms with Crippen LogP contribution in [0.2, 0.25) is 0 Å². The molecular formula is C13H22N2O4. The molecule has 0 saturated heterocycles. The van der Waals surface area contributed by atoms with Crippen LogP contribution in [0.3, 0.4) is 0 Å². The lowest BCUT2D eigenvalue weighted by Crippen LogP contribution is -2.38. The maximum absolute atomic E-state index is 12.2. The van der Waals surface area contributed by atoms with Crippen LogP contribution in [-0.4, -0.2) is 48.4 Å². The van der Waals surface area contributed by atoms with Crippen molar-refractivity contribution in [3.05, 3.63) is 0 Å². The van der Waals surface area contributed by atoms with Crippen molar-refractivity contribution in [3.63, 3.8) is 0 Å². The first-order chi connectivity index (χ1) is 8.86. The number of nitrogens with one attached hydrogen (secondary N) is 1. The van der Waals surface area contributed by atoms with Gasteiger partial charge >= 0.3 is 5.97 Å². The number of nitrogens with zero attached hydrogens (tertiary/aromatic N) is 1. The van der Waals surface area contributed by atoms with E-state index in [2.05, 4.69) is 5.32 Å². The second-order valence-electron chi connectivity index (χ2n) is 5.31. The minimum atomic E-state index is -0.901. The van der Waals surface area contributed by atoms with Gasteiger partial charge in [0.25, 0.3) is 0 Å². The average molecular weight is 270 g/mol. The number of amides is 2. The highest BCUT2D eigenvalue weighted by molar-refractivity contribution is 5.85. The monoisotopic (exact) mass is 270 g/mol. The zero-order chi connectivity index (χ0) is 14.6. The van der Waals surface area contributed by atoms with Gasteiger partial charge in [0, 0.05) is 27.1 Å². The van der Waals surface area contributed by atoms with Crippen molar-refractivity contribution in [1.82, 2.24) is 10.2 Å². The lowest BCUT2D eigenvalue weighted by molar-refractivity contribution is -0.148. The quantitative estimate of drug-likeness (QED) is 0.753. The molecule has 0 bridgehead atoms. The number of carboxylic acid groups (broad SMARTS) is 1. The fourth-order valence-electron chi connectivity index (χ4n) is 2.63. The Bertz CT molecular complexity index is 370. The van der Waals surface area contributed by atoms with Crippen LogP contribution in [0.15, 0.2) is 0 Å². The highest BCUT2D eigenvalue weighted by atomic mass is 16.4. The van der Waals surface area contributed by atoms with Gasteiger partial charge in [-0.3, -0.25) is 14.4 Å². The molecule has 0 radical (unpaired) electrons. The molecule has 0 aromatic heterocycles. The van der Waals surface area contributed by atoms with E-state index in [9.17, 15) is 14.4 Å². The van der Waals surface area contributed by atoms with Gasteiger partial charge in [-0.2, -0.15) is 0 Å². The largest absolute Gasteiger partial charge is 0.481 e. The summed E-state index contributed by atoms with van der Waals surface area (Å²) in [7, 11) is 3.16. The van der Waals surface area contributed by atoms with E-state index in [0.29, 0.717) is 19.4 Å². The van der Waals surface area contributed by atoms with Crippen LogP contribution < -0.4 is 5.32 Å². The topological polar surface area (TPSA) is 86.7 Å². The van der Waals surface area contributed by atoms with Crippen molar-refractivity contribution >= 4 is 17.8 Å². The first-order valence-electron chi connectivity index (χ1n) is 6.55. The lowest BCUT2D eigenvalue weighted by Gasteiger charge is -2.23. The minimum absolute atomic E-state index is 0.130. The van der Waals surface area contributed by atoms with Gasteiger partial charge in [0.15, 0.2) is 0 Å². The molecular weight excluding hydrogens is 248 g/mol. The predicted molar refractivity (Wildman–Crippen MR) is 69.3 cm³/mol. The minimum Gasteiger partial charge on any atom is -0.481 e.